The minimum Gasteiger partial charge on any atom is -0.468 e. The van der Waals surface area contributed by atoms with Crippen LogP contribution in [0.5, 0.6) is 0 Å². The first kappa shape index (κ1) is 13.4. The van der Waals surface area contributed by atoms with Gasteiger partial charge in [0.2, 0.25) is 0 Å². The molecule has 0 fully saturated rings. The maximum atomic E-state index is 11.3. The first-order valence-corrected chi connectivity index (χ1v) is 6.09. The second-order valence-electron chi connectivity index (χ2n) is 3.93. The van der Waals surface area contributed by atoms with E-state index in [2.05, 4.69) is 32.4 Å². The van der Waals surface area contributed by atoms with Gasteiger partial charge in [-0.15, -0.1) is 0 Å². The normalized spacial score (nSPS) is 14.5. The van der Waals surface area contributed by atoms with E-state index >= 15 is 0 Å². The van der Waals surface area contributed by atoms with Gasteiger partial charge in [0.15, 0.2) is 0 Å². The molecule has 0 spiro atoms. The zero-order chi connectivity index (χ0) is 12.2. The predicted octanol–water partition coefficient (Wildman–Crippen LogP) is 1.16. The van der Waals surface area contributed by atoms with Gasteiger partial charge in [0.1, 0.15) is 5.54 Å². The van der Waals surface area contributed by atoms with E-state index in [1.807, 2.05) is 10.9 Å². The van der Waals surface area contributed by atoms with Gasteiger partial charge >= 0.3 is 5.97 Å². The van der Waals surface area contributed by atoms with Gasteiger partial charge < -0.3 is 10.5 Å². The van der Waals surface area contributed by atoms with Crippen molar-refractivity contribution in [3.63, 3.8) is 0 Å². The van der Waals surface area contributed by atoms with Crippen molar-refractivity contribution < 1.29 is 9.53 Å². The van der Waals surface area contributed by atoms with Gasteiger partial charge in [-0.05, 0) is 42.4 Å². The second-order valence-corrected chi connectivity index (χ2v) is 5.18. The summed E-state index contributed by atoms with van der Waals surface area (Å²) in [6, 6.07) is 0. The van der Waals surface area contributed by atoms with E-state index in [1.54, 1.807) is 13.1 Å². The molecule has 1 aromatic rings. The number of carbonyl (C=O) groups excluding carboxylic acids is 1. The molecule has 1 unspecified atom stereocenters. The molecule has 1 heterocycles. The number of esters is 1. The van der Waals surface area contributed by atoms with Gasteiger partial charge in [-0.25, -0.2) is 0 Å². The molecule has 0 amide bonds. The molecule has 16 heavy (non-hydrogen) atoms. The van der Waals surface area contributed by atoms with Crippen LogP contribution in [-0.4, -0.2) is 28.4 Å². The minimum absolute atomic E-state index is 0.373. The Labute approximate surface area is 108 Å². The van der Waals surface area contributed by atoms with Crippen LogP contribution in [0.1, 0.15) is 19.8 Å². The van der Waals surface area contributed by atoms with Crippen LogP contribution in [0.2, 0.25) is 0 Å². The van der Waals surface area contributed by atoms with Crippen LogP contribution in [0.4, 0.5) is 0 Å². The molecular weight excluding hydrogens is 321 g/mol. The van der Waals surface area contributed by atoms with Gasteiger partial charge in [0.05, 0.1) is 16.9 Å². The highest BCUT2D eigenvalue weighted by Gasteiger charge is 2.28. The highest BCUT2D eigenvalue weighted by molar-refractivity contribution is 14.1. The standard InChI is InChI=1S/C10H16IN3O2/c1-10(12,9(15)16-2)4-3-5-14-7-8(11)6-13-14/h6-7H,3-5,12H2,1-2H3. The summed E-state index contributed by atoms with van der Waals surface area (Å²) in [5.74, 6) is -0.373. The van der Waals surface area contributed by atoms with E-state index < -0.39 is 5.54 Å². The van der Waals surface area contributed by atoms with E-state index in [0.29, 0.717) is 6.42 Å². The zero-order valence-corrected chi connectivity index (χ0v) is 11.6. The lowest BCUT2D eigenvalue weighted by molar-refractivity contribution is -0.146. The number of hydrogen-bond acceptors (Lipinski definition) is 4. The van der Waals surface area contributed by atoms with Gasteiger partial charge in [0.25, 0.3) is 0 Å². The van der Waals surface area contributed by atoms with E-state index in [4.69, 9.17) is 5.73 Å². The molecular formula is C10H16IN3O2. The fourth-order valence-corrected chi connectivity index (χ4v) is 1.85. The smallest absolute Gasteiger partial charge is 0.325 e. The maximum Gasteiger partial charge on any atom is 0.325 e. The van der Waals surface area contributed by atoms with E-state index in [9.17, 15) is 4.79 Å². The van der Waals surface area contributed by atoms with Gasteiger partial charge in [-0.2, -0.15) is 5.10 Å². The Hall–Kier alpha value is -0.630. The van der Waals surface area contributed by atoms with Crippen molar-refractivity contribution in [3.05, 3.63) is 16.0 Å². The molecule has 1 aromatic heterocycles. The van der Waals surface area contributed by atoms with E-state index in [0.717, 1.165) is 16.5 Å². The lowest BCUT2D eigenvalue weighted by Gasteiger charge is -2.20. The Kier molecular flexibility index (Phi) is 4.72. The van der Waals surface area contributed by atoms with Crippen LogP contribution < -0.4 is 5.73 Å². The summed E-state index contributed by atoms with van der Waals surface area (Å²) in [4.78, 5) is 11.3. The summed E-state index contributed by atoms with van der Waals surface area (Å²) in [6.45, 7) is 2.44. The lowest BCUT2D eigenvalue weighted by Crippen LogP contribution is -2.45. The molecule has 90 valence electrons. The summed E-state index contributed by atoms with van der Waals surface area (Å²) >= 11 is 2.20. The largest absolute Gasteiger partial charge is 0.468 e. The first-order valence-electron chi connectivity index (χ1n) is 5.01. The fourth-order valence-electron chi connectivity index (χ4n) is 1.40. The summed E-state index contributed by atoms with van der Waals surface area (Å²) in [7, 11) is 1.35. The Balaban J connectivity index is 2.38. The molecule has 0 aromatic carbocycles. The van der Waals surface area contributed by atoms with Crippen molar-refractivity contribution in [1.29, 1.82) is 0 Å². The van der Waals surface area contributed by atoms with Crippen molar-refractivity contribution >= 4 is 28.6 Å². The van der Waals surface area contributed by atoms with Crippen LogP contribution in [0.3, 0.4) is 0 Å². The third kappa shape index (κ3) is 3.75. The molecule has 0 saturated carbocycles. The number of nitrogens with zero attached hydrogens (tertiary/aromatic N) is 2. The van der Waals surface area contributed by atoms with Gasteiger partial charge in [-0.1, -0.05) is 0 Å². The van der Waals surface area contributed by atoms with Gasteiger partial charge in [0, 0.05) is 12.7 Å². The molecule has 2 N–H and O–H groups in total. The average molecular weight is 337 g/mol. The minimum atomic E-state index is -0.908. The van der Waals surface area contributed by atoms with Crippen molar-refractivity contribution in [2.75, 3.05) is 7.11 Å². The van der Waals surface area contributed by atoms with Crippen LogP contribution in [0.15, 0.2) is 12.4 Å². The quantitative estimate of drug-likeness (QED) is 0.647. The topological polar surface area (TPSA) is 70.1 Å². The molecule has 0 aliphatic rings. The summed E-state index contributed by atoms with van der Waals surface area (Å²) in [5, 5.41) is 4.15. The van der Waals surface area contributed by atoms with Crippen LogP contribution >= 0.6 is 22.6 Å². The van der Waals surface area contributed by atoms with Crippen molar-refractivity contribution in [2.24, 2.45) is 5.73 Å². The Morgan fingerprint density at radius 1 is 1.75 bits per heavy atom. The lowest BCUT2D eigenvalue weighted by atomic mass is 9.97. The Morgan fingerprint density at radius 3 is 2.94 bits per heavy atom. The first-order chi connectivity index (χ1) is 7.45. The maximum absolute atomic E-state index is 11.3. The number of carbonyl (C=O) groups is 1. The van der Waals surface area contributed by atoms with Crippen molar-refractivity contribution in [3.8, 4) is 0 Å². The SMILES string of the molecule is COC(=O)C(C)(N)CCCn1cc(I)cn1. The highest BCUT2D eigenvalue weighted by Crippen LogP contribution is 2.12. The Bertz CT molecular complexity index is 363. The molecule has 6 heteroatoms. The summed E-state index contributed by atoms with van der Waals surface area (Å²) in [6.07, 6.45) is 5.12. The summed E-state index contributed by atoms with van der Waals surface area (Å²) < 4.78 is 7.57. The van der Waals surface area contributed by atoms with Crippen LogP contribution in [-0.2, 0) is 16.1 Å². The van der Waals surface area contributed by atoms with Crippen molar-refractivity contribution in [2.45, 2.75) is 31.8 Å². The summed E-state index contributed by atoms with van der Waals surface area (Å²) in [5.41, 5.74) is 4.93. The zero-order valence-electron chi connectivity index (χ0n) is 9.44. The monoisotopic (exact) mass is 337 g/mol. The number of aryl methyl sites for hydroxylation is 1. The molecule has 0 radical (unpaired) electrons. The molecule has 1 rings (SSSR count). The Morgan fingerprint density at radius 2 is 2.44 bits per heavy atom. The molecule has 0 aliphatic heterocycles. The average Bonchev–Trinajstić information content (AvgIpc) is 2.62. The van der Waals surface area contributed by atoms with Crippen LogP contribution in [0.25, 0.3) is 0 Å². The number of halogens is 1. The molecule has 0 saturated heterocycles. The van der Waals surface area contributed by atoms with E-state index in [1.165, 1.54) is 7.11 Å². The predicted molar refractivity (Wildman–Crippen MR) is 68.8 cm³/mol. The number of methoxy groups -OCH3 is 1. The third-order valence-corrected chi connectivity index (χ3v) is 2.89. The molecule has 0 bridgehead atoms. The number of aromatic nitrogens is 2. The number of rotatable bonds is 5. The highest BCUT2D eigenvalue weighted by atomic mass is 127. The van der Waals surface area contributed by atoms with Gasteiger partial charge in [-0.3, -0.25) is 9.48 Å². The number of hydrogen-bond donors (Lipinski definition) is 1. The molecule has 1 atom stereocenters. The van der Waals surface area contributed by atoms with Crippen LogP contribution in [0, 0.1) is 3.57 Å². The molecule has 5 nitrogen and oxygen atoms in total. The number of ether oxygens (including phenoxy) is 1. The number of nitrogens with two attached hydrogens (primary N) is 1. The second kappa shape index (κ2) is 5.62. The third-order valence-electron chi connectivity index (χ3n) is 2.34. The van der Waals surface area contributed by atoms with E-state index in [-0.39, 0.29) is 5.97 Å². The molecule has 0 aliphatic carbocycles. The fraction of sp³-hybridized carbons (Fsp3) is 0.600. The van der Waals surface area contributed by atoms with Crippen molar-refractivity contribution in [1.82, 2.24) is 9.78 Å².